The quantitative estimate of drug-likeness (QED) is 0.00968. The van der Waals surface area contributed by atoms with Gasteiger partial charge in [0.05, 0.1) is 0 Å². The van der Waals surface area contributed by atoms with Crippen molar-refractivity contribution < 1.29 is 47.7 Å². The van der Waals surface area contributed by atoms with E-state index in [-0.39, 0.29) is 49.2 Å². The van der Waals surface area contributed by atoms with Gasteiger partial charge >= 0.3 is 0 Å². The van der Waals surface area contributed by atoms with Gasteiger partial charge in [0, 0.05) is 196 Å². The molecule has 1 fully saturated rings. The van der Waals surface area contributed by atoms with Crippen LogP contribution in [0.25, 0.3) is 0 Å². The maximum Gasteiger partial charge on any atom is 0.248 e. The number of carbonyl (C=O) groups excluding carboxylic acids is 5. The molecule has 1 aliphatic rings. The number of hydrogen-bond donors (Lipinski definition) is 11. The van der Waals surface area contributed by atoms with Crippen LogP contribution in [0.5, 0.6) is 40.5 Å². The fourth-order valence-corrected chi connectivity index (χ4v) is 13.5. The van der Waals surface area contributed by atoms with E-state index >= 15 is 0 Å². The lowest BCUT2D eigenvalue weighted by Crippen LogP contribution is -2.41. The zero-order valence-corrected chi connectivity index (χ0v) is 85.4. The molecule has 0 unspecified atom stereocenters. The standard InChI is InChI=1S/C26H28N6O2.C26H27N5O3.C23H20N4O3.C22H22N4O.C19H23N5O/c1-5-15-34-23-12-7-11-22(17-23)30-26-27-18-19(2)25(31-26)29-21-10-6-9-20(16-21)28-24(33)13-8-14-32(3)4;1-5-15-33-22-11-6-10-21(16-22)29-26-27-18-19(2)25(30-26)34-23-12-7-9-20(17-23)28-24(32)13-8-14-31(3)4;1-4-12-29-19-10-6-9-18(13-19)26-23-24-15-16(3)22(27-23)30-20-11-7-8-17(14-20)25-21(28)5-2;1-15(2)13-20(27)17-9-11-19(12-10-17)24-21-16(3)14-23-22(26-21)25-18-7-5-4-6-8-18;1-3-17(25)24-11-9-16(10-12-24)21-18-14(2)13-20-19(23-18)22-15-7-5-4-6-8-15/h1,6-13,16-18H,14-15H2,2-4H3,(H,28,33)(H2,27,29,30,31);1,6-13,16-18H,14-15H2,2-4H3,(H,28,32)(H,27,29,30);1,5-11,13-15H,2,12H2,3H3,(H,25,28)(H,24,26,27);4-14H,1-3H3,(H2,23,24,25,26);3-8,13,16H,1,9-12H2,2H3,(H2,20,21,22,23)/b2*13-8+;;;. The SMILES string of the molecule is C#CCOc1cccc(Nc2ncc(C)c(Nc3cccc(NC(=O)/C=C/CN(C)C)c3)n2)c1.C#CCOc1cccc(Nc2ncc(C)c(Oc3cccc(NC(=O)/C=C/CN(C)C)c3)n2)c1.C#CCOc1cccc(Nc2ncc(C)c(Oc3cccc(NC(=O)C=C)c3)n2)c1.C=CC(=O)N1CCC(Nc2nc(Nc3ccccc3)ncc2C)CC1.CC(C)=CC(=O)c1ccc(Nc2nc(Nc3ccccc3)ncc2C)cc1. The minimum absolute atomic E-state index is 0.00557. The number of aromatic nitrogens is 10. The summed E-state index contributed by atoms with van der Waals surface area (Å²) in [6, 6.07) is 70.9. The number of rotatable bonds is 39. The zero-order chi connectivity index (χ0) is 107. The first-order valence-corrected chi connectivity index (χ1v) is 47.6. The normalized spacial score (nSPS) is 11.1. The van der Waals surface area contributed by atoms with E-state index in [0.717, 1.165) is 105 Å². The molecule has 14 aromatic rings. The van der Waals surface area contributed by atoms with Gasteiger partial charge < -0.3 is 96.9 Å². The Morgan fingerprint density at radius 3 is 1.10 bits per heavy atom. The smallest absolute Gasteiger partial charge is 0.248 e. The van der Waals surface area contributed by atoms with Gasteiger partial charge in [0.15, 0.2) is 5.78 Å². The third-order valence-corrected chi connectivity index (χ3v) is 20.9. The third kappa shape index (κ3) is 38.4. The molecule has 9 aromatic carbocycles. The molecular formula is C116H120N24O10. The van der Waals surface area contributed by atoms with E-state index in [2.05, 4.69) is 139 Å². The summed E-state index contributed by atoms with van der Waals surface area (Å²) in [5.74, 6) is 14.8. The van der Waals surface area contributed by atoms with Crippen LogP contribution in [-0.4, -0.2) is 174 Å². The Balaban J connectivity index is 0.000000179. The molecule has 0 spiro atoms. The van der Waals surface area contributed by atoms with E-state index in [1.807, 2.05) is 273 Å². The van der Waals surface area contributed by atoms with Crippen LogP contribution in [0.4, 0.5) is 104 Å². The maximum absolute atomic E-state index is 12.1. The van der Waals surface area contributed by atoms with Crippen molar-refractivity contribution in [3.63, 3.8) is 0 Å². The number of likely N-dealkylation sites (N-methyl/N-ethyl adjacent to an activating group) is 2. The molecule has 1 saturated heterocycles. The first-order valence-electron chi connectivity index (χ1n) is 47.6. The summed E-state index contributed by atoms with van der Waals surface area (Å²) in [6.07, 6.45) is 37.0. The minimum Gasteiger partial charge on any atom is -0.481 e. The van der Waals surface area contributed by atoms with Gasteiger partial charge in [-0.2, -0.15) is 24.9 Å². The van der Waals surface area contributed by atoms with E-state index in [1.54, 1.807) is 97.6 Å². The maximum atomic E-state index is 12.1. The Labute approximate surface area is 874 Å². The van der Waals surface area contributed by atoms with Crippen LogP contribution in [0.2, 0.25) is 0 Å². The summed E-state index contributed by atoms with van der Waals surface area (Å²) >= 11 is 0. The molecule has 0 atom stereocenters. The van der Waals surface area contributed by atoms with Gasteiger partial charge in [-0.05, 0) is 235 Å². The number of piperidine rings is 1. The average molecular weight is 2010 g/mol. The van der Waals surface area contributed by atoms with Gasteiger partial charge in [0.2, 0.25) is 65.1 Å². The number of para-hydroxylation sites is 2. The van der Waals surface area contributed by atoms with Crippen LogP contribution in [0, 0.1) is 71.7 Å². The molecule has 34 nitrogen and oxygen atoms in total. The fraction of sp³-hybridized carbons (Fsp3) is 0.181. The van der Waals surface area contributed by atoms with Gasteiger partial charge in [0.1, 0.15) is 66.0 Å². The lowest BCUT2D eigenvalue weighted by atomic mass is 10.0. The molecule has 34 heteroatoms. The number of aryl methyl sites for hydroxylation is 5. The molecule has 0 radical (unpaired) electrons. The van der Waals surface area contributed by atoms with Crippen LogP contribution in [0.1, 0.15) is 64.9 Å². The monoisotopic (exact) mass is 2010 g/mol. The predicted octanol–water partition coefficient (Wildman–Crippen LogP) is 21.7. The molecule has 1 aliphatic heterocycles. The first-order chi connectivity index (χ1) is 72.6. The molecule has 15 rings (SSSR count). The Morgan fingerprint density at radius 2 is 0.707 bits per heavy atom. The van der Waals surface area contributed by atoms with Crippen molar-refractivity contribution in [3.8, 4) is 77.5 Å². The number of amides is 4. The highest BCUT2D eigenvalue weighted by molar-refractivity contribution is 6.05. The molecule has 5 aromatic heterocycles. The number of terminal acetylenes is 3. The fourth-order valence-electron chi connectivity index (χ4n) is 13.5. The Morgan fingerprint density at radius 1 is 0.380 bits per heavy atom. The van der Waals surface area contributed by atoms with E-state index < -0.39 is 0 Å². The predicted molar refractivity (Wildman–Crippen MR) is 597 cm³/mol. The Hall–Kier alpha value is -19.4. The van der Waals surface area contributed by atoms with E-state index in [4.69, 9.17) is 43.0 Å². The lowest BCUT2D eigenvalue weighted by molar-refractivity contribution is -0.127. The first kappa shape index (κ1) is 111. The number of carbonyl (C=O) groups is 5. The Bertz CT molecular complexity index is 6970. The van der Waals surface area contributed by atoms with Crippen molar-refractivity contribution in [1.29, 1.82) is 0 Å². The number of benzene rings is 9. The molecule has 0 aliphatic carbocycles. The number of likely N-dealkylation sites (tertiary alicyclic amines) is 1. The average Bonchev–Trinajstić information content (AvgIpc) is 0.843. The number of ketones is 1. The number of nitrogens with zero attached hydrogens (tertiary/aromatic N) is 13. The van der Waals surface area contributed by atoms with E-state index in [1.165, 1.54) is 24.3 Å². The molecule has 6 heterocycles. The van der Waals surface area contributed by atoms with Crippen molar-refractivity contribution in [2.24, 2.45) is 0 Å². The van der Waals surface area contributed by atoms with E-state index in [0.29, 0.717) is 124 Å². The highest BCUT2D eigenvalue weighted by Crippen LogP contribution is 2.33. The molecule has 4 amide bonds. The van der Waals surface area contributed by atoms with Gasteiger partial charge in [0.25, 0.3) is 0 Å². The highest BCUT2D eigenvalue weighted by atomic mass is 16.5. The summed E-state index contributed by atoms with van der Waals surface area (Å²) < 4.78 is 28.2. The van der Waals surface area contributed by atoms with Crippen LogP contribution in [0.3, 0.4) is 0 Å². The number of ether oxygens (including phenoxy) is 5. The topological polar surface area (TPSA) is 402 Å². The largest absolute Gasteiger partial charge is 0.481 e. The minimum atomic E-state index is -0.301. The number of anilines is 18. The Kier molecular flexibility index (Phi) is 43.2. The molecule has 11 N–H and O–H groups in total. The highest BCUT2D eigenvalue weighted by Gasteiger charge is 2.23. The van der Waals surface area contributed by atoms with Crippen LogP contribution >= 0.6 is 0 Å². The molecule has 764 valence electrons. The van der Waals surface area contributed by atoms with E-state index in [9.17, 15) is 24.0 Å². The second-order valence-corrected chi connectivity index (χ2v) is 34.2. The zero-order valence-electron chi connectivity index (χ0n) is 85.4. The van der Waals surface area contributed by atoms with Crippen molar-refractivity contribution in [2.45, 2.75) is 67.3 Å². The molecule has 150 heavy (non-hydrogen) atoms. The molecular weight excluding hydrogens is 1890 g/mol. The van der Waals surface area contributed by atoms with Crippen molar-refractivity contribution in [3.05, 3.63) is 356 Å². The molecule has 0 bridgehead atoms. The second kappa shape index (κ2) is 58.4. The van der Waals surface area contributed by atoms with Crippen LogP contribution < -0.4 is 82.2 Å². The summed E-state index contributed by atoms with van der Waals surface area (Å²) in [6.45, 7) is 23.8. The van der Waals surface area contributed by atoms with Crippen molar-refractivity contribution in [1.82, 2.24) is 64.5 Å². The van der Waals surface area contributed by atoms with Gasteiger partial charge in [-0.1, -0.05) is 121 Å². The summed E-state index contributed by atoms with van der Waals surface area (Å²) in [5, 5.41) is 34.3. The van der Waals surface area contributed by atoms with Crippen LogP contribution in [0.15, 0.2) is 323 Å². The summed E-state index contributed by atoms with van der Waals surface area (Å²) in [7, 11) is 7.76. The lowest BCUT2D eigenvalue weighted by Gasteiger charge is -2.32. The van der Waals surface area contributed by atoms with Gasteiger partial charge in [-0.3, -0.25) is 24.0 Å². The summed E-state index contributed by atoms with van der Waals surface area (Å²) in [5.41, 5.74) is 13.6. The van der Waals surface area contributed by atoms with Crippen molar-refractivity contribution >= 4 is 133 Å². The number of nitrogens with one attached hydrogen (secondary N) is 11. The van der Waals surface area contributed by atoms with Gasteiger partial charge in [-0.25, -0.2) is 24.9 Å². The molecule has 0 saturated carbocycles. The number of allylic oxidation sites excluding steroid dienone is 2. The van der Waals surface area contributed by atoms with Gasteiger partial charge in [-0.15, -0.1) is 19.3 Å². The third-order valence-electron chi connectivity index (χ3n) is 20.9. The number of hydrogen-bond acceptors (Lipinski definition) is 30. The second-order valence-electron chi connectivity index (χ2n) is 34.2. The van der Waals surface area contributed by atoms with Crippen LogP contribution in [-0.2, 0) is 19.2 Å². The van der Waals surface area contributed by atoms with Crippen molar-refractivity contribution in [2.75, 3.05) is 133 Å². The summed E-state index contributed by atoms with van der Waals surface area (Å²) in [4.78, 5) is 110.